The Morgan fingerprint density at radius 1 is 1.03 bits per heavy atom. The molecule has 2 heterocycles. The number of hydrogen-bond acceptors (Lipinski definition) is 6. The summed E-state index contributed by atoms with van der Waals surface area (Å²) in [5.74, 6) is 1.74. The fraction of sp³-hybridized carbons (Fsp3) is 0.696. The molecule has 3 rings (SSSR count). The van der Waals surface area contributed by atoms with Crippen LogP contribution in [0.15, 0.2) is 29.3 Å². The van der Waals surface area contributed by atoms with Crippen LogP contribution < -0.4 is 15.4 Å². The number of nitrogens with zero attached hydrogens (tertiary/aromatic N) is 4. The molecule has 32 heavy (non-hydrogen) atoms. The summed E-state index contributed by atoms with van der Waals surface area (Å²) >= 11 is 0. The molecule has 0 aromatic heterocycles. The van der Waals surface area contributed by atoms with Gasteiger partial charge in [-0.15, -0.1) is 24.0 Å². The highest BCUT2D eigenvalue weighted by Crippen LogP contribution is 2.23. The SMILES string of the molecule is CCN1CCN(CCNC(=NC)NCC(c2ccc(OC)cc2)N2CCOCC2)CC1.I. The Morgan fingerprint density at radius 3 is 2.28 bits per heavy atom. The number of halogens is 1. The van der Waals surface area contributed by atoms with Crippen LogP contribution in [0, 0.1) is 0 Å². The molecule has 1 aromatic rings. The van der Waals surface area contributed by atoms with Crippen molar-refractivity contribution in [3.63, 3.8) is 0 Å². The van der Waals surface area contributed by atoms with Gasteiger partial charge in [-0.05, 0) is 24.2 Å². The molecule has 1 atom stereocenters. The van der Waals surface area contributed by atoms with Crippen LogP contribution in [0.1, 0.15) is 18.5 Å². The predicted octanol–water partition coefficient (Wildman–Crippen LogP) is 1.49. The third kappa shape index (κ3) is 8.33. The molecule has 1 aromatic carbocycles. The summed E-state index contributed by atoms with van der Waals surface area (Å²) in [6, 6.07) is 8.65. The molecule has 2 aliphatic rings. The van der Waals surface area contributed by atoms with Gasteiger partial charge in [-0.1, -0.05) is 19.1 Å². The first-order valence-corrected chi connectivity index (χ1v) is 11.6. The maximum absolute atomic E-state index is 5.57. The molecule has 1 unspecified atom stereocenters. The second-order valence-corrected chi connectivity index (χ2v) is 8.09. The quantitative estimate of drug-likeness (QED) is 0.270. The van der Waals surface area contributed by atoms with E-state index in [1.54, 1.807) is 7.11 Å². The molecule has 182 valence electrons. The Morgan fingerprint density at radius 2 is 1.69 bits per heavy atom. The Labute approximate surface area is 210 Å². The zero-order valence-corrected chi connectivity index (χ0v) is 22.2. The van der Waals surface area contributed by atoms with E-state index < -0.39 is 0 Å². The van der Waals surface area contributed by atoms with Crippen LogP contribution in [0.2, 0.25) is 0 Å². The Bertz CT molecular complexity index is 661. The lowest BCUT2D eigenvalue weighted by Crippen LogP contribution is -2.50. The van der Waals surface area contributed by atoms with Gasteiger partial charge >= 0.3 is 0 Å². The highest BCUT2D eigenvalue weighted by atomic mass is 127. The Balaban J connectivity index is 0.00000363. The van der Waals surface area contributed by atoms with Gasteiger partial charge in [0.05, 0.1) is 26.4 Å². The van der Waals surface area contributed by atoms with Gasteiger partial charge in [0.15, 0.2) is 5.96 Å². The first-order valence-electron chi connectivity index (χ1n) is 11.6. The summed E-state index contributed by atoms with van der Waals surface area (Å²) in [5.41, 5.74) is 1.28. The van der Waals surface area contributed by atoms with Crippen molar-refractivity contribution < 1.29 is 9.47 Å². The van der Waals surface area contributed by atoms with E-state index in [-0.39, 0.29) is 30.0 Å². The van der Waals surface area contributed by atoms with Gasteiger partial charge in [0, 0.05) is 66.0 Å². The van der Waals surface area contributed by atoms with Crippen molar-refractivity contribution in [1.82, 2.24) is 25.3 Å². The van der Waals surface area contributed by atoms with Crippen LogP contribution in [0.4, 0.5) is 0 Å². The standard InChI is InChI=1S/C23H40N6O2.HI/c1-4-27-11-13-28(14-12-27)10-9-25-23(24-2)26-19-22(29-15-17-31-18-16-29)20-5-7-21(30-3)8-6-20;/h5-8,22H,4,9-19H2,1-3H3,(H2,24,25,26);1H. The van der Waals surface area contributed by atoms with Gasteiger partial charge in [-0.2, -0.15) is 0 Å². The van der Waals surface area contributed by atoms with Crippen LogP contribution in [0.25, 0.3) is 0 Å². The molecule has 8 nitrogen and oxygen atoms in total. The maximum Gasteiger partial charge on any atom is 0.191 e. The number of guanidine groups is 1. The number of methoxy groups -OCH3 is 1. The molecule has 2 N–H and O–H groups in total. The number of benzene rings is 1. The minimum atomic E-state index is 0. The zero-order chi connectivity index (χ0) is 21.9. The molecule has 0 spiro atoms. The monoisotopic (exact) mass is 560 g/mol. The summed E-state index contributed by atoms with van der Waals surface area (Å²) in [6.45, 7) is 14.2. The molecule has 2 aliphatic heterocycles. The molecule has 0 aliphatic carbocycles. The second kappa shape index (κ2) is 14.9. The highest BCUT2D eigenvalue weighted by Gasteiger charge is 2.23. The number of piperazine rings is 1. The van der Waals surface area contributed by atoms with Crippen molar-refractivity contribution in [3.05, 3.63) is 29.8 Å². The van der Waals surface area contributed by atoms with Crippen molar-refractivity contribution >= 4 is 29.9 Å². The smallest absolute Gasteiger partial charge is 0.191 e. The van der Waals surface area contributed by atoms with Gasteiger partial charge in [0.1, 0.15) is 5.75 Å². The van der Waals surface area contributed by atoms with Crippen molar-refractivity contribution in [1.29, 1.82) is 0 Å². The third-order valence-electron chi connectivity index (χ3n) is 6.31. The fourth-order valence-corrected chi connectivity index (χ4v) is 4.25. The van der Waals surface area contributed by atoms with Gasteiger partial charge in [0.25, 0.3) is 0 Å². The number of rotatable bonds is 9. The second-order valence-electron chi connectivity index (χ2n) is 8.09. The number of likely N-dealkylation sites (N-methyl/N-ethyl adjacent to an activating group) is 1. The minimum Gasteiger partial charge on any atom is -0.497 e. The van der Waals surface area contributed by atoms with E-state index in [9.17, 15) is 0 Å². The number of morpholine rings is 1. The zero-order valence-electron chi connectivity index (χ0n) is 19.9. The lowest BCUT2D eigenvalue weighted by Gasteiger charge is -2.35. The number of hydrogen-bond donors (Lipinski definition) is 2. The van der Waals surface area contributed by atoms with Crippen molar-refractivity contribution in [2.75, 3.05) is 92.8 Å². The van der Waals surface area contributed by atoms with Crippen LogP contribution in [0.3, 0.4) is 0 Å². The normalized spacial score (nSPS) is 19.8. The summed E-state index contributed by atoms with van der Waals surface area (Å²) in [4.78, 5) is 12.0. The van der Waals surface area contributed by atoms with Gasteiger partial charge < -0.3 is 25.0 Å². The van der Waals surface area contributed by atoms with Crippen LogP contribution in [0.5, 0.6) is 5.75 Å². The van der Waals surface area contributed by atoms with E-state index >= 15 is 0 Å². The molecular formula is C23H41IN6O2. The van der Waals surface area contributed by atoms with Crippen molar-refractivity contribution in [2.24, 2.45) is 4.99 Å². The van der Waals surface area contributed by atoms with Crippen LogP contribution >= 0.6 is 24.0 Å². The lowest BCUT2D eigenvalue weighted by molar-refractivity contribution is 0.0170. The van der Waals surface area contributed by atoms with E-state index in [1.165, 1.54) is 18.7 Å². The molecule has 0 saturated carbocycles. The summed E-state index contributed by atoms with van der Waals surface area (Å²) < 4.78 is 10.9. The molecule has 2 saturated heterocycles. The number of ether oxygens (including phenoxy) is 2. The van der Waals surface area contributed by atoms with E-state index in [4.69, 9.17) is 9.47 Å². The molecular weight excluding hydrogens is 519 g/mol. The van der Waals surface area contributed by atoms with E-state index in [2.05, 4.69) is 49.4 Å². The lowest BCUT2D eigenvalue weighted by atomic mass is 10.0. The highest BCUT2D eigenvalue weighted by molar-refractivity contribution is 14.0. The predicted molar refractivity (Wildman–Crippen MR) is 141 cm³/mol. The third-order valence-corrected chi connectivity index (χ3v) is 6.31. The van der Waals surface area contributed by atoms with Gasteiger partial charge in [-0.25, -0.2) is 0 Å². The largest absolute Gasteiger partial charge is 0.497 e. The van der Waals surface area contributed by atoms with Crippen LogP contribution in [-0.4, -0.2) is 113 Å². The first kappa shape index (κ1) is 27.1. The molecule has 2 fully saturated rings. The van der Waals surface area contributed by atoms with E-state index in [1.807, 2.05) is 19.2 Å². The topological polar surface area (TPSA) is 64.6 Å². The van der Waals surface area contributed by atoms with E-state index in [0.29, 0.717) is 0 Å². The van der Waals surface area contributed by atoms with Crippen molar-refractivity contribution in [3.8, 4) is 5.75 Å². The molecule has 0 bridgehead atoms. The fourth-order valence-electron chi connectivity index (χ4n) is 4.25. The van der Waals surface area contributed by atoms with Gasteiger partial charge in [0.2, 0.25) is 0 Å². The Hall–Kier alpha value is -1.14. The number of nitrogens with one attached hydrogen (secondary N) is 2. The Kier molecular flexibility index (Phi) is 12.6. The van der Waals surface area contributed by atoms with Gasteiger partial charge in [-0.3, -0.25) is 14.8 Å². The average molecular weight is 561 g/mol. The maximum atomic E-state index is 5.57. The molecule has 0 amide bonds. The van der Waals surface area contributed by atoms with Crippen LogP contribution in [-0.2, 0) is 4.74 Å². The average Bonchev–Trinajstić information content (AvgIpc) is 2.84. The number of aliphatic imine (C=N–C) groups is 1. The first-order chi connectivity index (χ1) is 15.2. The molecule has 9 heteroatoms. The summed E-state index contributed by atoms with van der Waals surface area (Å²) in [5, 5.41) is 7.04. The summed E-state index contributed by atoms with van der Waals surface area (Å²) in [6.07, 6.45) is 0. The van der Waals surface area contributed by atoms with Crippen molar-refractivity contribution in [2.45, 2.75) is 13.0 Å². The molecule has 0 radical (unpaired) electrons. The van der Waals surface area contributed by atoms with E-state index in [0.717, 1.165) is 77.3 Å². The summed E-state index contributed by atoms with van der Waals surface area (Å²) in [7, 11) is 3.54. The minimum absolute atomic E-state index is 0.